The van der Waals surface area contributed by atoms with E-state index in [2.05, 4.69) is 9.80 Å². The lowest BCUT2D eigenvalue weighted by atomic mass is 10.0. The first-order valence-corrected chi connectivity index (χ1v) is 13.3. The molecule has 0 amide bonds. The summed E-state index contributed by atoms with van der Waals surface area (Å²) in [6.45, 7) is 7.10. The molecule has 0 aliphatic carbocycles. The van der Waals surface area contributed by atoms with Gasteiger partial charge >= 0.3 is 11.7 Å². The summed E-state index contributed by atoms with van der Waals surface area (Å²) in [7, 11) is 0. The van der Waals surface area contributed by atoms with Gasteiger partial charge in [0.1, 0.15) is 11.9 Å². The Morgan fingerprint density at radius 1 is 0.846 bits per heavy atom. The molecule has 0 N–H and O–H groups in total. The van der Waals surface area contributed by atoms with Crippen molar-refractivity contribution in [1.29, 1.82) is 0 Å². The van der Waals surface area contributed by atoms with Gasteiger partial charge in [-0.15, -0.1) is 0 Å². The van der Waals surface area contributed by atoms with Crippen LogP contribution in [0.25, 0.3) is 5.69 Å². The van der Waals surface area contributed by atoms with Gasteiger partial charge < -0.3 is 9.64 Å². The van der Waals surface area contributed by atoms with Gasteiger partial charge in [-0.25, -0.2) is 14.0 Å². The second-order valence-corrected chi connectivity index (χ2v) is 9.69. The average molecular weight is 529 g/mol. The number of esters is 1. The van der Waals surface area contributed by atoms with E-state index in [0.717, 1.165) is 48.7 Å². The topological polar surface area (TPSA) is 59.7 Å². The summed E-state index contributed by atoms with van der Waals surface area (Å²) >= 11 is 0. The molecule has 202 valence electrons. The molecule has 7 nitrogen and oxygen atoms in total. The lowest BCUT2D eigenvalue weighted by molar-refractivity contribution is -0.150. The largest absolute Gasteiger partial charge is 0.465 e. The van der Waals surface area contributed by atoms with Gasteiger partial charge in [-0.2, -0.15) is 0 Å². The van der Waals surface area contributed by atoms with Crippen molar-refractivity contribution in [3.05, 3.63) is 119 Å². The fourth-order valence-corrected chi connectivity index (χ4v) is 5.20. The Hall–Kier alpha value is -4.17. The molecule has 0 saturated carbocycles. The van der Waals surface area contributed by atoms with Gasteiger partial charge in [-0.3, -0.25) is 14.0 Å². The average Bonchev–Trinajstić information content (AvgIpc) is 3.35. The van der Waals surface area contributed by atoms with E-state index in [4.69, 9.17) is 4.74 Å². The van der Waals surface area contributed by atoms with E-state index in [1.54, 1.807) is 33.7 Å². The monoisotopic (exact) mass is 528 g/mol. The van der Waals surface area contributed by atoms with Gasteiger partial charge in [0.25, 0.3) is 0 Å². The molecule has 1 aromatic heterocycles. The van der Waals surface area contributed by atoms with Crippen LogP contribution in [0.4, 0.5) is 10.1 Å². The molecule has 0 spiro atoms. The van der Waals surface area contributed by atoms with Gasteiger partial charge in [0.2, 0.25) is 0 Å². The number of imidazole rings is 1. The van der Waals surface area contributed by atoms with Crippen LogP contribution in [0.15, 0.2) is 96.1 Å². The lowest BCUT2D eigenvalue weighted by Crippen LogP contribution is -2.49. The fraction of sp³-hybridized carbons (Fsp3) is 0.290. The first kappa shape index (κ1) is 26.4. The molecule has 4 aromatic rings. The van der Waals surface area contributed by atoms with Crippen LogP contribution in [0, 0.1) is 5.82 Å². The minimum Gasteiger partial charge on any atom is -0.465 e. The van der Waals surface area contributed by atoms with Gasteiger partial charge in [0.05, 0.1) is 18.3 Å². The van der Waals surface area contributed by atoms with Crippen LogP contribution in [0.1, 0.15) is 37.1 Å². The Labute approximate surface area is 227 Å². The summed E-state index contributed by atoms with van der Waals surface area (Å²) in [4.78, 5) is 30.4. The number of rotatable bonds is 8. The van der Waals surface area contributed by atoms with E-state index in [-0.39, 0.29) is 23.5 Å². The normalized spacial score (nSPS) is 15.6. The standard InChI is InChI=1S/C31H33FN4O3/c1-3-39-30(37)29(25-7-5-4-6-8-25)34-19-17-33(18-20-34)27-13-15-28(16-14-27)36-22-21-35(31(36)38)23(2)24-9-11-26(32)12-10-24/h4-16,21-23,29H,3,17-20H2,1-2H3/t23-,29+/m1/s1. The van der Waals surface area contributed by atoms with Crippen LogP contribution in [0.3, 0.4) is 0 Å². The van der Waals surface area contributed by atoms with E-state index >= 15 is 0 Å². The third-order valence-corrected chi connectivity index (χ3v) is 7.37. The first-order chi connectivity index (χ1) is 19.0. The summed E-state index contributed by atoms with van der Waals surface area (Å²) < 4.78 is 22.0. The lowest BCUT2D eigenvalue weighted by Gasteiger charge is -2.39. The van der Waals surface area contributed by atoms with Crippen molar-refractivity contribution in [3.8, 4) is 5.69 Å². The molecular formula is C31H33FN4O3. The molecule has 2 heterocycles. The predicted octanol–water partition coefficient (Wildman–Crippen LogP) is 4.81. The number of nitrogens with zero attached hydrogens (tertiary/aromatic N) is 4. The highest BCUT2D eigenvalue weighted by Crippen LogP contribution is 2.26. The Morgan fingerprint density at radius 3 is 2.13 bits per heavy atom. The second-order valence-electron chi connectivity index (χ2n) is 9.69. The highest BCUT2D eigenvalue weighted by molar-refractivity contribution is 5.77. The summed E-state index contributed by atoms with van der Waals surface area (Å²) in [6.07, 6.45) is 3.52. The van der Waals surface area contributed by atoms with Crippen molar-refractivity contribution < 1.29 is 13.9 Å². The molecule has 0 unspecified atom stereocenters. The maximum atomic E-state index is 13.3. The Kier molecular flexibility index (Phi) is 7.93. The van der Waals surface area contributed by atoms with Crippen LogP contribution >= 0.6 is 0 Å². The number of hydrogen-bond donors (Lipinski definition) is 0. The minimum absolute atomic E-state index is 0.154. The predicted molar refractivity (Wildman–Crippen MR) is 150 cm³/mol. The van der Waals surface area contributed by atoms with Gasteiger partial charge in [0, 0.05) is 44.3 Å². The highest BCUT2D eigenvalue weighted by Gasteiger charge is 2.31. The van der Waals surface area contributed by atoms with Crippen LogP contribution < -0.4 is 10.6 Å². The van der Waals surface area contributed by atoms with E-state index in [9.17, 15) is 14.0 Å². The smallest absolute Gasteiger partial charge is 0.333 e. The number of benzene rings is 3. The number of hydrogen-bond acceptors (Lipinski definition) is 5. The van der Waals surface area contributed by atoms with E-state index < -0.39 is 6.04 Å². The molecule has 5 rings (SSSR count). The summed E-state index contributed by atoms with van der Waals surface area (Å²) in [5.74, 6) is -0.514. The molecule has 1 aliphatic heterocycles. The summed E-state index contributed by atoms with van der Waals surface area (Å²) in [5.41, 5.74) is 3.50. The van der Waals surface area contributed by atoms with E-state index in [0.29, 0.717) is 6.61 Å². The first-order valence-electron chi connectivity index (χ1n) is 13.3. The van der Waals surface area contributed by atoms with Crippen LogP contribution in [0.2, 0.25) is 0 Å². The number of carbonyl (C=O) groups excluding carboxylic acids is 1. The van der Waals surface area contributed by atoms with Crippen LogP contribution in [-0.2, 0) is 9.53 Å². The van der Waals surface area contributed by atoms with Crippen molar-refractivity contribution in [2.75, 3.05) is 37.7 Å². The minimum atomic E-state index is -0.413. The van der Waals surface area contributed by atoms with Gasteiger partial charge in [-0.05, 0) is 61.4 Å². The second kappa shape index (κ2) is 11.7. The SMILES string of the molecule is CCOC(=O)[C@H](c1ccccc1)N1CCN(c2ccc(-n3ccn([C@H](C)c4ccc(F)cc4)c3=O)cc2)CC1. The third kappa shape index (κ3) is 5.66. The number of anilines is 1. The molecule has 1 aliphatic rings. The Bertz CT molecular complexity index is 1440. The third-order valence-electron chi connectivity index (χ3n) is 7.37. The van der Waals surface area contributed by atoms with Crippen LogP contribution in [-0.4, -0.2) is 52.8 Å². The Balaban J connectivity index is 1.27. The molecule has 8 heteroatoms. The fourth-order valence-electron chi connectivity index (χ4n) is 5.20. The van der Waals surface area contributed by atoms with Crippen molar-refractivity contribution in [3.63, 3.8) is 0 Å². The van der Waals surface area contributed by atoms with Crippen molar-refractivity contribution in [2.45, 2.75) is 25.9 Å². The zero-order chi connectivity index (χ0) is 27.4. The number of halogens is 1. The number of ether oxygens (including phenoxy) is 1. The van der Waals surface area contributed by atoms with Gasteiger partial charge in [-0.1, -0.05) is 42.5 Å². The molecule has 3 aromatic carbocycles. The molecule has 1 fully saturated rings. The van der Waals surface area contributed by atoms with Crippen molar-refractivity contribution >= 4 is 11.7 Å². The maximum absolute atomic E-state index is 13.3. The van der Waals surface area contributed by atoms with Crippen molar-refractivity contribution in [2.24, 2.45) is 0 Å². The Morgan fingerprint density at radius 2 is 1.49 bits per heavy atom. The zero-order valence-corrected chi connectivity index (χ0v) is 22.2. The number of carbonyl (C=O) groups is 1. The number of piperazine rings is 1. The van der Waals surface area contributed by atoms with E-state index in [1.165, 1.54) is 12.1 Å². The molecule has 2 atom stereocenters. The quantitative estimate of drug-likeness (QED) is 0.307. The number of aromatic nitrogens is 2. The highest BCUT2D eigenvalue weighted by atomic mass is 19.1. The molecule has 39 heavy (non-hydrogen) atoms. The van der Waals surface area contributed by atoms with Crippen molar-refractivity contribution in [1.82, 2.24) is 14.0 Å². The zero-order valence-electron chi connectivity index (χ0n) is 22.2. The van der Waals surface area contributed by atoms with Crippen LogP contribution in [0.5, 0.6) is 0 Å². The molecular weight excluding hydrogens is 495 g/mol. The molecule has 0 bridgehead atoms. The molecule has 0 radical (unpaired) electrons. The molecule has 1 saturated heterocycles. The summed E-state index contributed by atoms with van der Waals surface area (Å²) in [5, 5.41) is 0. The maximum Gasteiger partial charge on any atom is 0.333 e. The van der Waals surface area contributed by atoms with E-state index in [1.807, 2.05) is 68.4 Å². The summed E-state index contributed by atoms with van der Waals surface area (Å²) in [6, 6.07) is 23.3. The van der Waals surface area contributed by atoms with Gasteiger partial charge in [0.15, 0.2) is 0 Å².